The highest BCUT2D eigenvalue weighted by molar-refractivity contribution is 7.52. The first-order chi connectivity index (χ1) is 21.2. The summed E-state index contributed by atoms with van der Waals surface area (Å²) in [5, 5.41) is 29.0. The molecule has 0 spiro atoms. The van der Waals surface area contributed by atoms with E-state index in [1.54, 1.807) is 52.0 Å². The number of anilines is 1. The van der Waals surface area contributed by atoms with Crippen LogP contribution in [0.2, 0.25) is 0 Å². The van der Waals surface area contributed by atoms with Gasteiger partial charge in [-0.05, 0) is 52.0 Å². The third kappa shape index (κ3) is 6.80. The van der Waals surface area contributed by atoms with Crippen LogP contribution in [-0.4, -0.2) is 68.2 Å². The van der Waals surface area contributed by atoms with Gasteiger partial charge in [0.25, 0.3) is 0 Å². The lowest BCUT2D eigenvalue weighted by Crippen LogP contribution is -2.53. The molecule has 1 aromatic carbocycles. The summed E-state index contributed by atoms with van der Waals surface area (Å²) < 4.78 is 44.2. The van der Waals surface area contributed by atoms with Gasteiger partial charge in [-0.2, -0.15) is 15.4 Å². The van der Waals surface area contributed by atoms with Crippen molar-refractivity contribution < 1.29 is 42.5 Å². The third-order valence-electron chi connectivity index (χ3n) is 7.14. The molecular weight excluding hydrogens is 607 g/mol. The number of hydrogen-bond donors (Lipinski definition) is 3. The molecule has 1 aliphatic heterocycles. The molecule has 6 unspecified atom stereocenters. The topological polar surface area (TPSA) is 210 Å². The van der Waals surface area contributed by atoms with Gasteiger partial charge in [0, 0.05) is 0 Å². The van der Waals surface area contributed by atoms with Crippen LogP contribution >= 0.6 is 7.75 Å². The van der Waals surface area contributed by atoms with Gasteiger partial charge in [0.05, 0.1) is 24.3 Å². The number of nitrogens with two attached hydrogens (primary N) is 1. The van der Waals surface area contributed by atoms with E-state index < -0.39 is 67.8 Å². The summed E-state index contributed by atoms with van der Waals surface area (Å²) in [6, 6.07) is 12.0. The molecule has 0 bridgehead atoms. The van der Waals surface area contributed by atoms with Crippen molar-refractivity contribution in [3.05, 3.63) is 54.5 Å². The Morgan fingerprint density at radius 3 is 2.49 bits per heavy atom. The molecule has 0 amide bonds. The average Bonchev–Trinajstić information content (AvgIpc) is 3.51. The summed E-state index contributed by atoms with van der Waals surface area (Å²) in [5.41, 5.74) is 2.31. The lowest BCUT2D eigenvalue weighted by molar-refractivity contribution is -0.177. The lowest BCUT2D eigenvalue weighted by Gasteiger charge is -2.34. The van der Waals surface area contributed by atoms with Crippen molar-refractivity contribution >= 4 is 31.0 Å². The molecule has 1 fully saturated rings. The van der Waals surface area contributed by atoms with Crippen molar-refractivity contribution in [2.45, 2.75) is 77.1 Å². The number of aromatic nitrogens is 3. The predicted octanol–water partition coefficient (Wildman–Crippen LogP) is 2.88. The van der Waals surface area contributed by atoms with Crippen LogP contribution in [0.3, 0.4) is 0 Å². The highest BCUT2D eigenvalue weighted by Crippen LogP contribution is 2.50. The minimum atomic E-state index is -4.41. The van der Waals surface area contributed by atoms with Gasteiger partial charge < -0.3 is 29.6 Å². The molecule has 1 saturated heterocycles. The standard InChI is InChI=1S/C29H37N6O9P/c1-17(2)25(36)43-28(6)23(42-29(15-30,27(28)38)22-13-12-21-24(31)32-16-33-35(21)22)14-40-45(39,44-20-10-8-7-9-11-20)34-19(5)26(37)41-18(3)4/h7-13,16-19,23,27,38H,14H2,1-6H3,(H,34,39)(H2,31,32,33). The first-order valence-corrected chi connectivity index (χ1v) is 15.8. The second-order valence-corrected chi connectivity index (χ2v) is 13.0. The number of ether oxygens (including phenoxy) is 3. The van der Waals surface area contributed by atoms with Crippen LogP contribution in [0.25, 0.3) is 5.52 Å². The fourth-order valence-electron chi connectivity index (χ4n) is 4.72. The first-order valence-electron chi connectivity index (χ1n) is 14.2. The summed E-state index contributed by atoms with van der Waals surface area (Å²) >= 11 is 0. The zero-order chi connectivity index (χ0) is 33.2. The minimum absolute atomic E-state index is 0.0721. The van der Waals surface area contributed by atoms with Crippen molar-refractivity contribution in [2.75, 3.05) is 12.3 Å². The van der Waals surface area contributed by atoms with Crippen LogP contribution in [0.15, 0.2) is 48.8 Å². The van der Waals surface area contributed by atoms with Gasteiger partial charge in [-0.15, -0.1) is 0 Å². The molecule has 4 rings (SSSR count). The maximum atomic E-state index is 14.1. The van der Waals surface area contributed by atoms with Gasteiger partial charge in [-0.1, -0.05) is 32.0 Å². The first kappa shape index (κ1) is 33.8. The molecule has 15 nitrogen and oxygen atoms in total. The van der Waals surface area contributed by atoms with E-state index in [-0.39, 0.29) is 17.3 Å². The fraction of sp³-hybridized carbons (Fsp3) is 0.483. The van der Waals surface area contributed by atoms with E-state index >= 15 is 0 Å². The number of esters is 2. The number of aliphatic hydroxyl groups excluding tert-OH is 1. The minimum Gasteiger partial charge on any atom is -0.462 e. The maximum absolute atomic E-state index is 14.1. The molecule has 45 heavy (non-hydrogen) atoms. The van der Waals surface area contributed by atoms with Crippen molar-refractivity contribution in [3.8, 4) is 11.8 Å². The van der Waals surface area contributed by atoms with Crippen LogP contribution in [0.1, 0.15) is 47.2 Å². The lowest BCUT2D eigenvalue weighted by atomic mass is 9.84. The number of nitrogen functional groups attached to an aromatic ring is 1. The molecule has 3 heterocycles. The van der Waals surface area contributed by atoms with E-state index in [0.29, 0.717) is 5.52 Å². The number of carbonyl (C=O) groups is 2. The van der Waals surface area contributed by atoms with Crippen molar-refractivity contribution in [2.24, 2.45) is 5.92 Å². The predicted molar refractivity (Wildman–Crippen MR) is 159 cm³/mol. The Hall–Kier alpha value is -4.06. The number of nitriles is 1. The Labute approximate surface area is 260 Å². The van der Waals surface area contributed by atoms with E-state index in [4.69, 9.17) is 29.0 Å². The summed E-state index contributed by atoms with van der Waals surface area (Å²) in [6.07, 6.45) is -2.47. The van der Waals surface area contributed by atoms with Crippen molar-refractivity contribution in [3.63, 3.8) is 0 Å². The van der Waals surface area contributed by atoms with Crippen molar-refractivity contribution in [1.29, 1.82) is 5.26 Å². The molecule has 1 aliphatic rings. The average molecular weight is 645 g/mol. The zero-order valence-electron chi connectivity index (χ0n) is 25.7. The van der Waals surface area contributed by atoms with Crippen LogP contribution < -0.4 is 15.3 Å². The molecule has 4 N–H and O–H groups in total. The number of benzene rings is 1. The summed E-state index contributed by atoms with van der Waals surface area (Å²) in [4.78, 5) is 29.4. The van der Waals surface area contributed by atoms with E-state index in [1.165, 1.54) is 42.9 Å². The number of para-hydroxylation sites is 1. The number of nitrogens with one attached hydrogen (secondary N) is 1. The van der Waals surface area contributed by atoms with Gasteiger partial charge in [0.15, 0.2) is 11.4 Å². The second kappa shape index (κ2) is 13.1. The fourth-order valence-corrected chi connectivity index (χ4v) is 6.21. The number of aliphatic hydroxyl groups is 1. The van der Waals surface area contributed by atoms with Crippen LogP contribution in [0, 0.1) is 17.2 Å². The van der Waals surface area contributed by atoms with Gasteiger partial charge in [-0.25, -0.2) is 14.1 Å². The second-order valence-electron chi connectivity index (χ2n) is 11.3. The molecule has 242 valence electrons. The van der Waals surface area contributed by atoms with E-state index in [9.17, 15) is 24.5 Å². The molecule has 0 saturated carbocycles. The molecule has 2 aromatic heterocycles. The maximum Gasteiger partial charge on any atom is 0.459 e. The quantitative estimate of drug-likeness (QED) is 0.191. The molecule has 16 heteroatoms. The number of fused-ring (bicyclic) bond motifs is 1. The largest absolute Gasteiger partial charge is 0.462 e. The Kier molecular flexibility index (Phi) is 9.86. The third-order valence-corrected chi connectivity index (χ3v) is 8.78. The molecule has 3 aromatic rings. The Balaban J connectivity index is 1.72. The van der Waals surface area contributed by atoms with E-state index in [2.05, 4.69) is 15.2 Å². The Bertz CT molecular complexity index is 1630. The highest BCUT2D eigenvalue weighted by atomic mass is 31.2. The zero-order valence-corrected chi connectivity index (χ0v) is 26.6. The Morgan fingerprint density at radius 2 is 1.87 bits per heavy atom. The number of nitrogens with zero attached hydrogens (tertiary/aromatic N) is 4. The van der Waals surface area contributed by atoms with Gasteiger partial charge in [-0.3, -0.25) is 14.1 Å². The number of hydrogen-bond acceptors (Lipinski definition) is 13. The Morgan fingerprint density at radius 1 is 1.18 bits per heavy atom. The molecule has 0 aliphatic carbocycles. The van der Waals surface area contributed by atoms with Crippen LogP contribution in [-0.2, 0) is 38.5 Å². The number of carbonyl (C=O) groups excluding carboxylic acids is 2. The van der Waals surface area contributed by atoms with Gasteiger partial charge in [0.2, 0.25) is 5.60 Å². The van der Waals surface area contributed by atoms with Crippen LogP contribution in [0.4, 0.5) is 5.82 Å². The highest BCUT2D eigenvalue weighted by Gasteiger charge is 2.66. The monoisotopic (exact) mass is 644 g/mol. The SMILES string of the molecule is CC(C)OC(=O)C(C)NP(=O)(OCC1OC(C#N)(c2ccc3c(N)ncnn23)C(O)C1(C)OC(=O)C(C)C)Oc1ccccc1. The van der Waals surface area contributed by atoms with E-state index in [0.717, 1.165) is 0 Å². The molecule has 6 atom stereocenters. The smallest absolute Gasteiger partial charge is 0.459 e. The summed E-state index contributed by atoms with van der Waals surface area (Å²) in [5.74, 6) is -1.75. The van der Waals surface area contributed by atoms with Crippen molar-refractivity contribution in [1.82, 2.24) is 19.7 Å². The van der Waals surface area contributed by atoms with E-state index in [1.807, 2.05) is 6.07 Å². The molecule has 0 radical (unpaired) electrons. The van der Waals surface area contributed by atoms with Gasteiger partial charge >= 0.3 is 19.7 Å². The summed E-state index contributed by atoms with van der Waals surface area (Å²) in [6.45, 7) is 8.69. The molecular formula is C29H37N6O9P. The van der Waals surface area contributed by atoms with Crippen LogP contribution in [0.5, 0.6) is 5.75 Å². The van der Waals surface area contributed by atoms with Gasteiger partial charge in [0.1, 0.15) is 41.9 Å². The summed E-state index contributed by atoms with van der Waals surface area (Å²) in [7, 11) is -4.41. The normalized spacial score (nSPS) is 25.1. The number of rotatable bonds is 12.